The Bertz CT molecular complexity index is 603. The number of hydrogen-bond acceptors (Lipinski definition) is 5. The van der Waals surface area contributed by atoms with Gasteiger partial charge in [0.05, 0.1) is 18.3 Å². The molecule has 0 radical (unpaired) electrons. The van der Waals surface area contributed by atoms with Crippen molar-refractivity contribution >= 4 is 27.5 Å². The Morgan fingerprint density at radius 2 is 2.39 bits per heavy atom. The predicted octanol–water partition coefficient (Wildman–Crippen LogP) is 1.80. The third kappa shape index (κ3) is 2.76. The molecule has 2 heterocycles. The maximum absolute atomic E-state index is 12.0. The van der Waals surface area contributed by atoms with Crippen LogP contribution in [0, 0.1) is 0 Å². The van der Waals surface area contributed by atoms with Crippen molar-refractivity contribution < 1.29 is 9.53 Å². The summed E-state index contributed by atoms with van der Waals surface area (Å²) in [4.78, 5) is 28.3. The molecule has 0 aliphatic rings. The number of nitrogens with zero attached hydrogens (tertiary/aromatic N) is 2. The Morgan fingerprint density at radius 1 is 1.56 bits per heavy atom. The van der Waals surface area contributed by atoms with Crippen LogP contribution in [-0.4, -0.2) is 22.1 Å². The SMILES string of the molecule is CCCCOC(=O)Cn1cnc2sccc2c1=O. The van der Waals surface area contributed by atoms with Gasteiger partial charge in [0.15, 0.2) is 0 Å². The Morgan fingerprint density at radius 3 is 3.17 bits per heavy atom. The lowest BCUT2D eigenvalue weighted by Gasteiger charge is -2.05. The summed E-state index contributed by atoms with van der Waals surface area (Å²) >= 11 is 1.41. The Labute approximate surface area is 108 Å². The molecular weight excluding hydrogens is 252 g/mol. The van der Waals surface area contributed by atoms with Gasteiger partial charge in [0.1, 0.15) is 11.4 Å². The number of unbranched alkanes of at least 4 members (excludes halogenated alkanes) is 1. The normalized spacial score (nSPS) is 10.7. The zero-order chi connectivity index (χ0) is 13.0. The second kappa shape index (κ2) is 5.77. The Balaban J connectivity index is 2.09. The van der Waals surface area contributed by atoms with Crippen molar-refractivity contribution in [1.82, 2.24) is 9.55 Å². The summed E-state index contributed by atoms with van der Waals surface area (Å²) in [5.41, 5.74) is -0.200. The first-order chi connectivity index (χ1) is 8.72. The van der Waals surface area contributed by atoms with Crippen molar-refractivity contribution in [2.45, 2.75) is 26.3 Å². The van der Waals surface area contributed by atoms with E-state index in [1.807, 2.05) is 12.3 Å². The molecule has 0 fully saturated rings. The molecule has 0 atom stereocenters. The highest BCUT2D eigenvalue weighted by molar-refractivity contribution is 7.16. The molecular formula is C12H14N2O3S. The Hall–Kier alpha value is -1.69. The van der Waals surface area contributed by atoms with Crippen molar-refractivity contribution in [3.05, 3.63) is 28.1 Å². The zero-order valence-electron chi connectivity index (χ0n) is 10.1. The molecule has 96 valence electrons. The maximum atomic E-state index is 12.0. The number of thiophene rings is 1. The molecule has 0 spiro atoms. The van der Waals surface area contributed by atoms with E-state index in [2.05, 4.69) is 4.98 Å². The number of rotatable bonds is 5. The van der Waals surface area contributed by atoms with Crippen LogP contribution < -0.4 is 5.56 Å². The summed E-state index contributed by atoms with van der Waals surface area (Å²) in [6, 6.07) is 1.72. The van der Waals surface area contributed by atoms with Gasteiger partial charge >= 0.3 is 5.97 Å². The third-order valence-electron chi connectivity index (χ3n) is 2.51. The average Bonchev–Trinajstić information content (AvgIpc) is 2.82. The predicted molar refractivity (Wildman–Crippen MR) is 69.7 cm³/mol. The fraction of sp³-hybridized carbons (Fsp3) is 0.417. The van der Waals surface area contributed by atoms with E-state index in [0.717, 1.165) is 12.8 Å². The molecule has 2 rings (SSSR count). The van der Waals surface area contributed by atoms with Gasteiger partial charge in [-0.15, -0.1) is 11.3 Å². The van der Waals surface area contributed by atoms with Gasteiger partial charge < -0.3 is 4.74 Å². The molecule has 2 aromatic heterocycles. The summed E-state index contributed by atoms with van der Waals surface area (Å²) < 4.78 is 6.29. The van der Waals surface area contributed by atoms with Crippen LogP contribution in [0.3, 0.4) is 0 Å². The fourth-order valence-corrected chi connectivity index (χ4v) is 2.24. The van der Waals surface area contributed by atoms with Crippen LogP contribution in [0.2, 0.25) is 0 Å². The molecule has 0 N–H and O–H groups in total. The van der Waals surface area contributed by atoms with Crippen LogP contribution in [0.1, 0.15) is 19.8 Å². The minimum Gasteiger partial charge on any atom is -0.464 e. The summed E-state index contributed by atoms with van der Waals surface area (Å²) in [6.07, 6.45) is 3.19. The lowest BCUT2D eigenvalue weighted by atomic mass is 10.4. The second-order valence-electron chi connectivity index (χ2n) is 3.89. The molecule has 0 saturated carbocycles. The van der Waals surface area contributed by atoms with E-state index >= 15 is 0 Å². The van der Waals surface area contributed by atoms with E-state index in [9.17, 15) is 9.59 Å². The van der Waals surface area contributed by atoms with Gasteiger partial charge in [0.25, 0.3) is 5.56 Å². The van der Waals surface area contributed by atoms with Crippen LogP contribution in [0.15, 0.2) is 22.6 Å². The first-order valence-corrected chi connectivity index (χ1v) is 6.68. The Kier molecular flexibility index (Phi) is 4.09. The van der Waals surface area contributed by atoms with Crippen molar-refractivity contribution in [2.75, 3.05) is 6.61 Å². The molecule has 18 heavy (non-hydrogen) atoms. The number of aromatic nitrogens is 2. The van der Waals surface area contributed by atoms with Gasteiger partial charge in [-0.05, 0) is 17.9 Å². The average molecular weight is 266 g/mol. The van der Waals surface area contributed by atoms with Crippen LogP contribution in [0.5, 0.6) is 0 Å². The van der Waals surface area contributed by atoms with Crippen molar-refractivity contribution in [3.8, 4) is 0 Å². The fourth-order valence-electron chi connectivity index (χ4n) is 1.52. The van der Waals surface area contributed by atoms with Gasteiger partial charge in [-0.1, -0.05) is 13.3 Å². The minimum atomic E-state index is -0.401. The van der Waals surface area contributed by atoms with Crippen LogP contribution in [-0.2, 0) is 16.1 Å². The molecule has 0 aliphatic carbocycles. The summed E-state index contributed by atoms with van der Waals surface area (Å²) in [5.74, 6) is -0.401. The number of fused-ring (bicyclic) bond motifs is 1. The quantitative estimate of drug-likeness (QED) is 0.611. The van der Waals surface area contributed by atoms with Gasteiger partial charge in [0, 0.05) is 0 Å². The standard InChI is InChI=1S/C12H14N2O3S/c1-2-3-5-17-10(15)7-14-8-13-11-9(12(14)16)4-6-18-11/h4,6,8H,2-3,5,7H2,1H3. The van der Waals surface area contributed by atoms with E-state index in [0.29, 0.717) is 16.8 Å². The van der Waals surface area contributed by atoms with Gasteiger partial charge in [-0.25, -0.2) is 4.98 Å². The highest BCUT2D eigenvalue weighted by atomic mass is 32.1. The molecule has 5 nitrogen and oxygen atoms in total. The zero-order valence-corrected chi connectivity index (χ0v) is 10.9. The molecule has 0 bridgehead atoms. The molecule has 0 aromatic carbocycles. The van der Waals surface area contributed by atoms with Crippen LogP contribution in [0.25, 0.3) is 10.2 Å². The van der Waals surface area contributed by atoms with E-state index in [4.69, 9.17) is 4.74 Å². The van der Waals surface area contributed by atoms with E-state index in [-0.39, 0.29) is 12.1 Å². The summed E-state index contributed by atoms with van der Waals surface area (Å²) in [7, 11) is 0. The number of carbonyl (C=O) groups is 1. The van der Waals surface area contributed by atoms with Crippen LogP contribution >= 0.6 is 11.3 Å². The van der Waals surface area contributed by atoms with E-state index in [1.165, 1.54) is 22.2 Å². The number of hydrogen-bond donors (Lipinski definition) is 0. The number of esters is 1. The second-order valence-corrected chi connectivity index (χ2v) is 4.79. The molecule has 0 saturated heterocycles. The minimum absolute atomic E-state index is 0.0820. The topological polar surface area (TPSA) is 61.2 Å². The van der Waals surface area contributed by atoms with Gasteiger partial charge in [-0.2, -0.15) is 0 Å². The molecule has 0 aliphatic heterocycles. The first-order valence-electron chi connectivity index (χ1n) is 5.80. The summed E-state index contributed by atoms with van der Waals surface area (Å²) in [5, 5.41) is 2.35. The van der Waals surface area contributed by atoms with Crippen LogP contribution in [0.4, 0.5) is 0 Å². The van der Waals surface area contributed by atoms with Gasteiger partial charge in [-0.3, -0.25) is 14.2 Å². The molecule has 0 unspecified atom stereocenters. The number of carbonyl (C=O) groups excluding carboxylic acids is 1. The lowest BCUT2D eigenvalue weighted by molar-refractivity contribution is -0.144. The van der Waals surface area contributed by atoms with Crippen molar-refractivity contribution in [3.63, 3.8) is 0 Å². The third-order valence-corrected chi connectivity index (χ3v) is 3.33. The maximum Gasteiger partial charge on any atom is 0.326 e. The molecule has 0 amide bonds. The van der Waals surface area contributed by atoms with E-state index in [1.54, 1.807) is 6.07 Å². The van der Waals surface area contributed by atoms with E-state index < -0.39 is 5.97 Å². The molecule has 6 heteroatoms. The first kappa shape index (κ1) is 12.8. The smallest absolute Gasteiger partial charge is 0.326 e. The lowest BCUT2D eigenvalue weighted by Crippen LogP contribution is -2.25. The molecule has 2 aromatic rings. The van der Waals surface area contributed by atoms with Gasteiger partial charge in [0.2, 0.25) is 0 Å². The van der Waals surface area contributed by atoms with Crippen molar-refractivity contribution in [2.24, 2.45) is 0 Å². The largest absolute Gasteiger partial charge is 0.464 e. The highest BCUT2D eigenvalue weighted by Gasteiger charge is 2.09. The number of ether oxygens (including phenoxy) is 1. The highest BCUT2D eigenvalue weighted by Crippen LogP contribution is 2.13. The monoisotopic (exact) mass is 266 g/mol. The summed E-state index contributed by atoms with van der Waals surface area (Å²) in [6.45, 7) is 2.34. The van der Waals surface area contributed by atoms with Crippen molar-refractivity contribution in [1.29, 1.82) is 0 Å².